The molecule has 0 saturated carbocycles. The van der Waals surface area contributed by atoms with Crippen LogP contribution in [0.3, 0.4) is 0 Å². The maximum atomic E-state index is 13.1. The molecule has 0 fully saturated rings. The first-order valence-electron chi connectivity index (χ1n) is 13.0. The molecule has 0 aromatic heterocycles. The molecule has 12 heteroatoms. The van der Waals surface area contributed by atoms with Gasteiger partial charge in [0.2, 0.25) is 6.10 Å². The van der Waals surface area contributed by atoms with Crippen molar-refractivity contribution in [2.45, 2.75) is 117 Å². The van der Waals surface area contributed by atoms with Crippen LogP contribution in [0.1, 0.15) is 92.9 Å². The van der Waals surface area contributed by atoms with Crippen molar-refractivity contribution in [1.29, 1.82) is 0 Å². The van der Waals surface area contributed by atoms with E-state index in [2.05, 4.69) is 12.2 Å². The standard InChI is InChI=1S/C26H43NO11/c1-7-8-9-10-11-12-13-14-15-27-26(33)25(38-21(6)32)24(37-20(5)31)23(36-19(4)30)22(35-18(3)29)16-34-17(2)28/h22-25H,7-16H2,1-6H3,(H,27,33)/t22-,23-,24+,25-/m1/s1. The van der Waals surface area contributed by atoms with Gasteiger partial charge in [0.15, 0.2) is 18.3 Å². The number of esters is 5. The fourth-order valence-electron chi connectivity index (χ4n) is 3.67. The van der Waals surface area contributed by atoms with Crippen molar-refractivity contribution in [2.75, 3.05) is 13.2 Å². The number of amides is 1. The lowest BCUT2D eigenvalue weighted by atomic mass is 10.0. The van der Waals surface area contributed by atoms with E-state index < -0.39 is 66.8 Å². The van der Waals surface area contributed by atoms with Crippen LogP contribution in [0.5, 0.6) is 0 Å². The second-order valence-electron chi connectivity index (χ2n) is 8.89. The normalized spacial score (nSPS) is 13.7. The topological polar surface area (TPSA) is 161 Å². The molecule has 0 aromatic carbocycles. The molecular formula is C26H43NO11. The molecule has 0 unspecified atom stereocenters. The highest BCUT2D eigenvalue weighted by atomic mass is 16.6. The van der Waals surface area contributed by atoms with Crippen molar-refractivity contribution in [3.8, 4) is 0 Å². The molecular weight excluding hydrogens is 502 g/mol. The van der Waals surface area contributed by atoms with Crippen LogP contribution >= 0.6 is 0 Å². The molecule has 38 heavy (non-hydrogen) atoms. The van der Waals surface area contributed by atoms with Gasteiger partial charge in [0.25, 0.3) is 5.91 Å². The number of carbonyl (C=O) groups excluding carboxylic acids is 6. The Bertz CT molecular complexity index is 783. The van der Waals surface area contributed by atoms with E-state index in [-0.39, 0.29) is 6.54 Å². The first kappa shape index (κ1) is 34.8. The average Bonchev–Trinajstić information content (AvgIpc) is 2.80. The molecule has 0 rings (SSSR count). The fourth-order valence-corrected chi connectivity index (χ4v) is 3.67. The number of hydrogen-bond acceptors (Lipinski definition) is 11. The summed E-state index contributed by atoms with van der Waals surface area (Å²) in [6.07, 6.45) is 1.78. The van der Waals surface area contributed by atoms with Crippen molar-refractivity contribution in [1.82, 2.24) is 5.32 Å². The molecule has 0 aromatic rings. The molecule has 0 aliphatic carbocycles. The Hall–Kier alpha value is -3.18. The first-order valence-corrected chi connectivity index (χ1v) is 13.0. The molecule has 0 bridgehead atoms. The molecule has 4 atom stereocenters. The molecule has 218 valence electrons. The zero-order valence-corrected chi connectivity index (χ0v) is 23.4. The summed E-state index contributed by atoms with van der Waals surface area (Å²) >= 11 is 0. The second-order valence-corrected chi connectivity index (χ2v) is 8.89. The summed E-state index contributed by atoms with van der Waals surface area (Å²) in [5.74, 6) is -5.01. The Morgan fingerprint density at radius 3 is 1.53 bits per heavy atom. The third-order valence-electron chi connectivity index (χ3n) is 5.24. The summed E-state index contributed by atoms with van der Waals surface area (Å²) in [7, 11) is 0. The third-order valence-corrected chi connectivity index (χ3v) is 5.24. The highest BCUT2D eigenvalue weighted by Crippen LogP contribution is 2.20. The Morgan fingerprint density at radius 1 is 0.579 bits per heavy atom. The minimum Gasteiger partial charge on any atom is -0.462 e. The van der Waals surface area contributed by atoms with Gasteiger partial charge in [-0.15, -0.1) is 0 Å². The van der Waals surface area contributed by atoms with Crippen LogP contribution < -0.4 is 5.32 Å². The van der Waals surface area contributed by atoms with Gasteiger partial charge in [0.05, 0.1) is 0 Å². The van der Waals surface area contributed by atoms with Gasteiger partial charge in [-0.05, 0) is 6.42 Å². The van der Waals surface area contributed by atoms with Crippen molar-refractivity contribution >= 4 is 35.8 Å². The third kappa shape index (κ3) is 16.5. The quantitative estimate of drug-likeness (QED) is 0.144. The van der Waals surface area contributed by atoms with Crippen LogP contribution in [-0.2, 0) is 52.5 Å². The summed E-state index contributed by atoms with van der Waals surface area (Å²) in [5.41, 5.74) is 0. The second kappa shape index (κ2) is 19.9. The number of carbonyl (C=O) groups is 6. The zero-order valence-electron chi connectivity index (χ0n) is 23.4. The Morgan fingerprint density at radius 2 is 1.05 bits per heavy atom. The fraction of sp³-hybridized carbons (Fsp3) is 0.769. The van der Waals surface area contributed by atoms with Crippen LogP contribution in [0.25, 0.3) is 0 Å². The lowest BCUT2D eigenvalue weighted by Gasteiger charge is -2.34. The SMILES string of the molecule is CCCCCCCCCCNC(=O)[C@H](OC(C)=O)[C@@H](OC(C)=O)[C@H](OC(C)=O)[C@@H](COC(C)=O)OC(C)=O. The molecule has 12 nitrogen and oxygen atoms in total. The van der Waals surface area contributed by atoms with Crippen LogP contribution in [0, 0.1) is 0 Å². The summed E-state index contributed by atoms with van der Waals surface area (Å²) in [4.78, 5) is 72.0. The minimum absolute atomic E-state index is 0.261. The van der Waals surface area contributed by atoms with E-state index in [9.17, 15) is 28.8 Å². The number of nitrogens with one attached hydrogen (secondary N) is 1. The van der Waals surface area contributed by atoms with E-state index in [0.29, 0.717) is 6.42 Å². The molecule has 1 N–H and O–H groups in total. The molecule has 0 saturated heterocycles. The van der Waals surface area contributed by atoms with Gasteiger partial charge in [0.1, 0.15) is 6.61 Å². The zero-order chi connectivity index (χ0) is 29.1. The van der Waals surface area contributed by atoms with Crippen molar-refractivity contribution in [2.24, 2.45) is 0 Å². The lowest BCUT2D eigenvalue weighted by molar-refractivity contribution is -0.203. The van der Waals surface area contributed by atoms with Crippen LogP contribution in [0.2, 0.25) is 0 Å². The highest BCUT2D eigenvalue weighted by Gasteiger charge is 2.46. The minimum atomic E-state index is -1.76. The predicted octanol–water partition coefficient (Wildman–Crippen LogP) is 2.53. The van der Waals surface area contributed by atoms with Gasteiger partial charge in [-0.1, -0.05) is 51.9 Å². The summed E-state index contributed by atoms with van der Waals surface area (Å²) in [6.45, 7) is 7.12. The number of hydrogen-bond donors (Lipinski definition) is 1. The van der Waals surface area contributed by atoms with E-state index in [4.69, 9.17) is 23.7 Å². The van der Waals surface area contributed by atoms with Gasteiger partial charge < -0.3 is 29.0 Å². The Balaban J connectivity index is 5.77. The van der Waals surface area contributed by atoms with Gasteiger partial charge in [-0.2, -0.15) is 0 Å². The van der Waals surface area contributed by atoms with Gasteiger partial charge in [-0.3, -0.25) is 28.8 Å². The number of rotatable bonds is 19. The Labute approximate surface area is 224 Å². The smallest absolute Gasteiger partial charge is 0.303 e. The van der Waals surface area contributed by atoms with Gasteiger partial charge >= 0.3 is 29.8 Å². The van der Waals surface area contributed by atoms with Gasteiger partial charge in [0, 0.05) is 41.2 Å². The van der Waals surface area contributed by atoms with Gasteiger partial charge in [-0.25, -0.2) is 0 Å². The number of ether oxygens (including phenoxy) is 5. The van der Waals surface area contributed by atoms with Crippen molar-refractivity contribution in [3.05, 3.63) is 0 Å². The van der Waals surface area contributed by atoms with Crippen LogP contribution in [-0.4, -0.2) is 73.3 Å². The van der Waals surface area contributed by atoms with Crippen molar-refractivity contribution in [3.63, 3.8) is 0 Å². The first-order chi connectivity index (χ1) is 17.9. The maximum absolute atomic E-state index is 13.1. The molecule has 0 spiro atoms. The van der Waals surface area contributed by atoms with E-state index in [0.717, 1.165) is 60.3 Å². The maximum Gasteiger partial charge on any atom is 0.303 e. The van der Waals surface area contributed by atoms with Crippen LogP contribution in [0.15, 0.2) is 0 Å². The Kier molecular flexibility index (Phi) is 18.2. The predicted molar refractivity (Wildman–Crippen MR) is 134 cm³/mol. The molecule has 1 amide bonds. The average molecular weight is 546 g/mol. The molecule has 0 radical (unpaired) electrons. The van der Waals surface area contributed by atoms with Crippen LogP contribution in [0.4, 0.5) is 0 Å². The number of unbranched alkanes of at least 4 members (excludes halogenated alkanes) is 7. The monoisotopic (exact) mass is 545 g/mol. The lowest BCUT2D eigenvalue weighted by Crippen LogP contribution is -2.57. The summed E-state index contributed by atoms with van der Waals surface area (Å²) in [5, 5.41) is 2.65. The van der Waals surface area contributed by atoms with E-state index in [1.54, 1.807) is 0 Å². The van der Waals surface area contributed by atoms with E-state index in [1.807, 2.05) is 0 Å². The van der Waals surface area contributed by atoms with E-state index in [1.165, 1.54) is 19.3 Å². The van der Waals surface area contributed by atoms with E-state index >= 15 is 0 Å². The molecule has 0 aliphatic rings. The highest BCUT2D eigenvalue weighted by molar-refractivity contribution is 5.84. The summed E-state index contributed by atoms with van der Waals surface area (Å²) < 4.78 is 25.8. The van der Waals surface area contributed by atoms with Crippen molar-refractivity contribution < 1.29 is 52.5 Å². The summed E-state index contributed by atoms with van der Waals surface area (Å²) in [6, 6.07) is 0. The molecule has 0 heterocycles. The largest absolute Gasteiger partial charge is 0.462 e. The molecule has 0 aliphatic heterocycles.